The molecule has 0 radical (unpaired) electrons. The molecular formula is C30H24Cl3I2N4O6P. The van der Waals surface area contributed by atoms with Gasteiger partial charge in [-0.3, -0.25) is 25.0 Å². The van der Waals surface area contributed by atoms with Crippen LogP contribution in [0.1, 0.15) is 20.7 Å². The molecule has 0 spiro atoms. The van der Waals surface area contributed by atoms with Crippen molar-refractivity contribution in [2.45, 2.75) is 0 Å². The zero-order valence-corrected chi connectivity index (χ0v) is 31.4. The van der Waals surface area contributed by atoms with E-state index in [0.717, 1.165) is 24.0 Å². The molecule has 0 fully saturated rings. The molecule has 0 aliphatic carbocycles. The van der Waals surface area contributed by atoms with Gasteiger partial charge in [0.1, 0.15) is 11.5 Å². The molecule has 0 unspecified atom stereocenters. The van der Waals surface area contributed by atoms with Crippen LogP contribution in [0, 0.1) is 7.14 Å². The van der Waals surface area contributed by atoms with Crippen LogP contribution in [0.15, 0.2) is 101 Å². The highest BCUT2D eigenvalue weighted by atomic mass is 127. The minimum absolute atomic E-state index is 0.371. The van der Waals surface area contributed by atoms with Gasteiger partial charge in [-0.15, -0.1) is 10.2 Å². The second-order valence-corrected chi connectivity index (χ2v) is 17.8. The van der Waals surface area contributed by atoms with Gasteiger partial charge in [-0.1, -0.05) is 24.3 Å². The normalized spacial score (nSPS) is 10.3. The topological polar surface area (TPSA) is 133 Å². The number of amides is 2. The van der Waals surface area contributed by atoms with E-state index in [0.29, 0.717) is 28.7 Å². The van der Waals surface area contributed by atoms with Crippen LogP contribution in [0.3, 0.4) is 0 Å². The van der Waals surface area contributed by atoms with Gasteiger partial charge in [0, 0.05) is 29.4 Å². The summed E-state index contributed by atoms with van der Waals surface area (Å²) < 4.78 is 27.5. The van der Waals surface area contributed by atoms with Crippen LogP contribution in [0.2, 0.25) is 0 Å². The van der Waals surface area contributed by atoms with E-state index in [1.165, 1.54) is 7.11 Å². The van der Waals surface area contributed by atoms with Crippen molar-refractivity contribution in [3.8, 4) is 34.4 Å². The molecule has 0 saturated heterocycles. The molecule has 2 N–H and O–H groups in total. The van der Waals surface area contributed by atoms with Gasteiger partial charge in [0.15, 0.2) is 0 Å². The third kappa shape index (κ3) is 13.1. The van der Waals surface area contributed by atoms with Crippen molar-refractivity contribution in [1.29, 1.82) is 0 Å². The van der Waals surface area contributed by atoms with Crippen molar-refractivity contribution >= 4 is 95.9 Å². The highest BCUT2D eigenvalue weighted by Gasteiger charge is 2.12. The Kier molecular flexibility index (Phi) is 15.1. The second-order valence-electron chi connectivity index (χ2n) is 8.70. The Hall–Kier alpha value is -2.88. The van der Waals surface area contributed by atoms with E-state index in [9.17, 15) is 14.2 Å². The molecule has 5 rings (SSSR count). The maximum absolute atomic E-state index is 11.9. The molecule has 0 atom stereocenters. The van der Waals surface area contributed by atoms with E-state index in [1.807, 2.05) is 54.6 Å². The number of hydrazine groups is 1. The van der Waals surface area contributed by atoms with E-state index in [1.54, 1.807) is 49.6 Å². The lowest BCUT2D eigenvalue weighted by Crippen LogP contribution is -2.41. The van der Waals surface area contributed by atoms with Gasteiger partial charge in [-0.2, -0.15) is 0 Å². The van der Waals surface area contributed by atoms with Gasteiger partial charge in [-0.05, 0) is 152 Å². The van der Waals surface area contributed by atoms with Crippen molar-refractivity contribution < 1.29 is 28.0 Å². The van der Waals surface area contributed by atoms with E-state index in [-0.39, 0.29) is 5.91 Å². The Bertz CT molecular complexity index is 1830. The van der Waals surface area contributed by atoms with Crippen molar-refractivity contribution in [2.24, 2.45) is 0 Å². The molecule has 46 heavy (non-hydrogen) atoms. The first-order chi connectivity index (χ1) is 21.9. The number of carbonyl (C=O) groups excluding carboxylic acids is 2. The Morgan fingerprint density at radius 3 is 1.59 bits per heavy atom. The van der Waals surface area contributed by atoms with E-state index >= 15 is 0 Å². The summed E-state index contributed by atoms with van der Waals surface area (Å²) in [5.41, 5.74) is 7.39. The average Bonchev–Trinajstić information content (AvgIpc) is 3.54. The van der Waals surface area contributed by atoms with E-state index in [2.05, 4.69) is 100.0 Å². The fraction of sp³-hybridized carbons (Fsp3) is 0.0667. The van der Waals surface area contributed by atoms with Crippen LogP contribution in [0.5, 0.6) is 11.5 Å². The predicted molar refractivity (Wildman–Crippen MR) is 197 cm³/mol. The lowest BCUT2D eigenvalue weighted by Gasteiger charge is -2.08. The average molecular weight is 928 g/mol. The number of nitrogens with zero attached hydrogens (tertiary/aromatic N) is 2. The number of benzene rings is 4. The fourth-order valence-corrected chi connectivity index (χ4v) is 4.57. The van der Waals surface area contributed by atoms with Gasteiger partial charge >= 0.3 is 5.20 Å². The molecule has 0 bridgehead atoms. The van der Waals surface area contributed by atoms with E-state index in [4.69, 9.17) is 13.9 Å². The summed E-state index contributed by atoms with van der Waals surface area (Å²) in [6, 6.07) is 29.2. The first-order valence-corrected chi connectivity index (χ1v) is 19.4. The fourth-order valence-electron chi connectivity index (χ4n) is 3.49. The number of ether oxygens (including phenoxy) is 2. The largest absolute Gasteiger partial charge is 0.497 e. The lowest BCUT2D eigenvalue weighted by atomic mass is 10.2. The zero-order chi connectivity index (χ0) is 33.7. The number of hydrogen-bond donors (Lipinski definition) is 2. The summed E-state index contributed by atoms with van der Waals surface area (Å²) in [6.07, 6.45) is 0. The monoisotopic (exact) mass is 926 g/mol. The maximum Gasteiger partial charge on any atom is 0.339 e. The molecule has 0 saturated carbocycles. The number of hydrogen-bond acceptors (Lipinski definition) is 8. The first kappa shape index (κ1) is 37.6. The predicted octanol–water partition coefficient (Wildman–Crippen LogP) is 9.20. The molecule has 16 heteroatoms. The van der Waals surface area contributed by atoms with Gasteiger partial charge in [0.2, 0.25) is 11.8 Å². The molecule has 2 amide bonds. The molecule has 10 nitrogen and oxygen atoms in total. The maximum atomic E-state index is 11.9. The number of rotatable bonds is 6. The third-order valence-corrected chi connectivity index (χ3v) is 6.86. The number of carbonyl (C=O) groups is 2. The van der Waals surface area contributed by atoms with Gasteiger partial charge in [-0.25, -0.2) is 0 Å². The van der Waals surface area contributed by atoms with Crippen molar-refractivity contribution in [3.05, 3.63) is 115 Å². The Morgan fingerprint density at radius 1 is 0.674 bits per heavy atom. The molecule has 1 heterocycles. The van der Waals surface area contributed by atoms with Crippen molar-refractivity contribution in [2.75, 3.05) is 14.2 Å². The standard InChI is InChI=1S/C15H13IN2O3.C15H11IN2O2.Cl3OP/c1-21-13-7-3-5-11(9-13)15(20)18-17-14(19)10-4-2-6-12(16)8-10;1-19-13-7-3-5-11(9-13)15-18-17-14(20-15)10-4-2-6-12(16)8-10;1-5(2,3)4/h2-9H,1H3,(H,17,19)(H,18,20);2-9H,1H3;. The van der Waals surface area contributed by atoms with Crippen LogP contribution in [0.4, 0.5) is 0 Å². The van der Waals surface area contributed by atoms with Crippen molar-refractivity contribution in [1.82, 2.24) is 21.0 Å². The Morgan fingerprint density at radius 2 is 1.09 bits per heavy atom. The SMILES string of the molecule is COc1cccc(-c2nnc(-c3cccc(I)c3)o2)c1.COc1cccc(C(=O)NNC(=O)c2cccc(I)c2)c1.O=P(Cl)(Cl)Cl. The summed E-state index contributed by atoms with van der Waals surface area (Å²) in [4.78, 5) is 23.8. The van der Waals surface area contributed by atoms with E-state index < -0.39 is 11.1 Å². The summed E-state index contributed by atoms with van der Waals surface area (Å²) in [6.45, 7) is 0. The summed E-state index contributed by atoms with van der Waals surface area (Å²) in [5.74, 6) is 1.56. The molecule has 5 aromatic rings. The van der Waals surface area contributed by atoms with Gasteiger partial charge in [0.05, 0.1) is 14.2 Å². The third-order valence-electron chi connectivity index (χ3n) is 5.52. The number of methoxy groups -OCH3 is 2. The van der Waals surface area contributed by atoms with Crippen LogP contribution < -0.4 is 20.3 Å². The molecule has 1 aromatic heterocycles. The van der Waals surface area contributed by atoms with Crippen LogP contribution >= 0.6 is 84.1 Å². The van der Waals surface area contributed by atoms with Crippen LogP contribution in [-0.4, -0.2) is 36.2 Å². The Balaban J connectivity index is 0.000000219. The van der Waals surface area contributed by atoms with Gasteiger partial charge in [0.25, 0.3) is 11.8 Å². The molecule has 0 aliphatic heterocycles. The molecular weight excluding hydrogens is 903 g/mol. The minimum Gasteiger partial charge on any atom is -0.497 e. The molecule has 240 valence electrons. The highest BCUT2D eigenvalue weighted by Crippen LogP contribution is 2.61. The second kappa shape index (κ2) is 18.5. The number of halogens is 5. The number of nitrogens with one attached hydrogen (secondary N) is 2. The molecule has 4 aromatic carbocycles. The lowest BCUT2D eigenvalue weighted by molar-refractivity contribution is 0.0846. The summed E-state index contributed by atoms with van der Waals surface area (Å²) in [7, 11) is 3.15. The smallest absolute Gasteiger partial charge is 0.339 e. The van der Waals surface area contributed by atoms with Crippen LogP contribution in [0.25, 0.3) is 22.9 Å². The van der Waals surface area contributed by atoms with Crippen molar-refractivity contribution in [3.63, 3.8) is 0 Å². The summed E-state index contributed by atoms with van der Waals surface area (Å²) in [5, 5.41) is 4.97. The zero-order valence-electron chi connectivity index (χ0n) is 23.9. The van der Waals surface area contributed by atoms with Crippen LogP contribution in [-0.2, 0) is 4.57 Å². The first-order valence-electron chi connectivity index (χ1n) is 12.8. The number of aromatic nitrogens is 2. The summed E-state index contributed by atoms with van der Waals surface area (Å²) >= 11 is 18.2. The van der Waals surface area contributed by atoms with Gasteiger partial charge < -0.3 is 13.9 Å². The minimum atomic E-state index is -3.22. The molecule has 0 aliphatic rings. The quantitative estimate of drug-likeness (QED) is 0.0980. The highest BCUT2D eigenvalue weighted by molar-refractivity contribution is 14.1. The Labute approximate surface area is 306 Å².